The Morgan fingerprint density at radius 2 is 1.60 bits per heavy atom. The number of nitrogens with zero attached hydrogens (tertiary/aromatic N) is 2. The van der Waals surface area contributed by atoms with Gasteiger partial charge in [-0.25, -0.2) is 0 Å². The van der Waals surface area contributed by atoms with Crippen molar-refractivity contribution in [3.63, 3.8) is 0 Å². The summed E-state index contributed by atoms with van der Waals surface area (Å²) in [6, 6.07) is 20.0. The first-order chi connectivity index (χ1) is 19.0. The number of ether oxygens (including phenoxy) is 1. The van der Waals surface area contributed by atoms with Gasteiger partial charge in [-0.3, -0.25) is 14.5 Å². The number of aryl methyl sites for hydroxylation is 1. The fraction of sp³-hybridized carbons (Fsp3) is 0.353. The highest BCUT2D eigenvalue weighted by atomic mass is 16.5. The van der Waals surface area contributed by atoms with E-state index >= 15 is 0 Å². The molecule has 1 aliphatic rings. The van der Waals surface area contributed by atoms with Crippen LogP contribution < -0.4 is 14.5 Å². The van der Waals surface area contributed by atoms with Gasteiger partial charge >= 0.3 is 0 Å². The van der Waals surface area contributed by atoms with Crippen molar-refractivity contribution in [1.82, 2.24) is 0 Å². The summed E-state index contributed by atoms with van der Waals surface area (Å²) in [7, 11) is 0. The molecule has 6 nitrogen and oxygen atoms in total. The maximum absolute atomic E-state index is 13.7. The molecule has 0 aromatic heterocycles. The summed E-state index contributed by atoms with van der Waals surface area (Å²) in [5.41, 5.74) is 4.55. The summed E-state index contributed by atoms with van der Waals surface area (Å²) in [5, 5.41) is 11.7. The van der Waals surface area contributed by atoms with E-state index in [1.54, 1.807) is 6.07 Å². The molecule has 40 heavy (non-hydrogen) atoms. The lowest BCUT2D eigenvalue weighted by molar-refractivity contribution is -0.132. The highest BCUT2D eigenvalue weighted by molar-refractivity contribution is 6.51. The normalized spacial score (nSPS) is 16.9. The number of carbonyl (C=O) groups excluding carboxylic acids is 2. The molecule has 1 heterocycles. The molecular weight excluding hydrogens is 500 g/mol. The van der Waals surface area contributed by atoms with Crippen LogP contribution in [0.2, 0.25) is 0 Å². The third-order valence-corrected chi connectivity index (χ3v) is 7.54. The molecule has 210 valence electrons. The lowest BCUT2D eigenvalue weighted by atomic mass is 9.84. The minimum absolute atomic E-state index is 0.0798. The second-order valence-corrected chi connectivity index (χ2v) is 11.1. The second kappa shape index (κ2) is 11.6. The molecule has 1 atom stereocenters. The van der Waals surface area contributed by atoms with E-state index in [9.17, 15) is 14.7 Å². The average Bonchev–Trinajstić information content (AvgIpc) is 3.19. The number of hydrogen-bond acceptors (Lipinski definition) is 5. The summed E-state index contributed by atoms with van der Waals surface area (Å²) >= 11 is 0. The SMILES string of the molecule is CCOc1ccc(/C(O)=C2\C(=O)C(=O)N(c3ccc(N(CC)CC)cc3)C2c2ccccc2C)cc1C(C)(C)C. The van der Waals surface area contributed by atoms with Crippen LogP contribution in [0, 0.1) is 6.92 Å². The zero-order valence-corrected chi connectivity index (χ0v) is 24.6. The summed E-state index contributed by atoms with van der Waals surface area (Å²) in [6.07, 6.45) is 0. The van der Waals surface area contributed by atoms with Gasteiger partial charge in [0, 0.05) is 35.6 Å². The lowest BCUT2D eigenvalue weighted by Gasteiger charge is -2.28. The topological polar surface area (TPSA) is 70.1 Å². The van der Waals surface area contributed by atoms with Gasteiger partial charge in [0.25, 0.3) is 11.7 Å². The number of amides is 1. The quantitative estimate of drug-likeness (QED) is 0.186. The third kappa shape index (κ3) is 5.35. The molecular formula is C34H40N2O4. The summed E-state index contributed by atoms with van der Waals surface area (Å²) in [6.45, 7) is 16.5. The lowest BCUT2D eigenvalue weighted by Crippen LogP contribution is -2.30. The van der Waals surface area contributed by atoms with Gasteiger partial charge in [0.15, 0.2) is 0 Å². The molecule has 1 amide bonds. The molecule has 0 aliphatic carbocycles. The van der Waals surface area contributed by atoms with Crippen LogP contribution in [0.15, 0.2) is 72.3 Å². The van der Waals surface area contributed by atoms with Gasteiger partial charge in [0.2, 0.25) is 0 Å². The number of benzene rings is 3. The van der Waals surface area contributed by atoms with Crippen LogP contribution in [0.5, 0.6) is 5.75 Å². The predicted molar refractivity (Wildman–Crippen MR) is 162 cm³/mol. The molecule has 1 fully saturated rings. The molecule has 1 unspecified atom stereocenters. The molecule has 0 bridgehead atoms. The van der Waals surface area contributed by atoms with Crippen molar-refractivity contribution >= 4 is 28.8 Å². The van der Waals surface area contributed by atoms with E-state index in [1.165, 1.54) is 4.90 Å². The number of rotatable bonds is 8. The van der Waals surface area contributed by atoms with E-state index in [0.29, 0.717) is 17.9 Å². The van der Waals surface area contributed by atoms with E-state index in [4.69, 9.17) is 4.74 Å². The summed E-state index contributed by atoms with van der Waals surface area (Å²) in [5.74, 6) is -0.824. The van der Waals surface area contributed by atoms with Gasteiger partial charge < -0.3 is 14.7 Å². The molecule has 4 rings (SSSR count). The van der Waals surface area contributed by atoms with Crippen molar-refractivity contribution in [2.75, 3.05) is 29.5 Å². The fourth-order valence-corrected chi connectivity index (χ4v) is 5.40. The zero-order valence-electron chi connectivity index (χ0n) is 24.6. The summed E-state index contributed by atoms with van der Waals surface area (Å²) in [4.78, 5) is 31.1. The van der Waals surface area contributed by atoms with Crippen LogP contribution in [0.1, 0.15) is 69.8 Å². The fourth-order valence-electron chi connectivity index (χ4n) is 5.40. The first kappa shape index (κ1) is 28.9. The Morgan fingerprint density at radius 1 is 0.950 bits per heavy atom. The molecule has 0 saturated carbocycles. The Bertz CT molecular complexity index is 1430. The minimum Gasteiger partial charge on any atom is -0.507 e. The standard InChI is InChI=1S/C34H40N2O4/c1-8-35(9-2)24-16-18-25(19-17-24)36-30(26-14-12-11-13-22(26)4)29(32(38)33(36)39)31(37)23-15-20-28(40-10-3)27(21-23)34(5,6)7/h11-21,30,37H,8-10H2,1-7H3/b31-29+. The zero-order chi connectivity index (χ0) is 29.2. The number of aliphatic hydroxyl groups excluding tert-OH is 1. The molecule has 3 aromatic rings. The molecule has 1 aliphatic heterocycles. The van der Waals surface area contributed by atoms with Crippen LogP contribution in [-0.2, 0) is 15.0 Å². The van der Waals surface area contributed by atoms with Gasteiger partial charge in [0.1, 0.15) is 11.5 Å². The van der Waals surface area contributed by atoms with E-state index < -0.39 is 17.7 Å². The van der Waals surface area contributed by atoms with Gasteiger partial charge in [0.05, 0.1) is 18.2 Å². The molecule has 0 spiro atoms. The van der Waals surface area contributed by atoms with E-state index in [-0.39, 0.29) is 16.7 Å². The largest absolute Gasteiger partial charge is 0.507 e. The van der Waals surface area contributed by atoms with Gasteiger partial charge in [-0.05, 0) is 86.7 Å². The molecule has 3 aromatic carbocycles. The van der Waals surface area contributed by atoms with Crippen LogP contribution in [0.4, 0.5) is 11.4 Å². The van der Waals surface area contributed by atoms with Crippen LogP contribution >= 0.6 is 0 Å². The highest BCUT2D eigenvalue weighted by Crippen LogP contribution is 2.44. The van der Waals surface area contributed by atoms with E-state index in [1.807, 2.05) is 74.5 Å². The smallest absolute Gasteiger partial charge is 0.300 e. The Kier molecular flexibility index (Phi) is 8.38. The van der Waals surface area contributed by atoms with Crippen molar-refractivity contribution in [1.29, 1.82) is 0 Å². The Hall–Kier alpha value is -4.06. The number of aliphatic hydroxyl groups is 1. The Balaban J connectivity index is 1.91. The monoisotopic (exact) mass is 540 g/mol. The average molecular weight is 541 g/mol. The minimum atomic E-state index is -0.773. The van der Waals surface area contributed by atoms with Gasteiger partial charge in [-0.2, -0.15) is 0 Å². The van der Waals surface area contributed by atoms with Crippen molar-refractivity contribution < 1.29 is 19.4 Å². The maximum atomic E-state index is 13.7. The number of Topliss-reactive ketones (excluding diaryl/α,β-unsaturated/α-hetero) is 1. The first-order valence-corrected chi connectivity index (χ1v) is 14.0. The molecule has 0 radical (unpaired) electrons. The number of carbonyl (C=O) groups is 2. The van der Waals surface area contributed by atoms with Crippen molar-refractivity contribution in [2.45, 2.75) is 59.9 Å². The van der Waals surface area contributed by atoms with Crippen LogP contribution in [0.25, 0.3) is 5.76 Å². The van der Waals surface area contributed by atoms with Crippen molar-refractivity contribution in [2.24, 2.45) is 0 Å². The highest BCUT2D eigenvalue weighted by Gasteiger charge is 2.47. The molecule has 1 saturated heterocycles. The van der Waals surface area contributed by atoms with E-state index in [2.05, 4.69) is 39.5 Å². The van der Waals surface area contributed by atoms with Crippen LogP contribution in [-0.4, -0.2) is 36.5 Å². The van der Waals surface area contributed by atoms with Gasteiger partial charge in [-0.15, -0.1) is 0 Å². The molecule has 1 N–H and O–H groups in total. The summed E-state index contributed by atoms with van der Waals surface area (Å²) < 4.78 is 5.86. The number of ketones is 1. The Morgan fingerprint density at radius 3 is 2.17 bits per heavy atom. The first-order valence-electron chi connectivity index (χ1n) is 14.0. The third-order valence-electron chi connectivity index (χ3n) is 7.54. The Labute approximate surface area is 237 Å². The van der Waals surface area contributed by atoms with Gasteiger partial charge in [-0.1, -0.05) is 45.0 Å². The van der Waals surface area contributed by atoms with Crippen LogP contribution in [0.3, 0.4) is 0 Å². The van der Waals surface area contributed by atoms with E-state index in [0.717, 1.165) is 41.2 Å². The second-order valence-electron chi connectivity index (χ2n) is 11.1. The van der Waals surface area contributed by atoms with Crippen molar-refractivity contribution in [3.8, 4) is 5.75 Å². The predicted octanol–water partition coefficient (Wildman–Crippen LogP) is 7.16. The number of anilines is 2. The maximum Gasteiger partial charge on any atom is 0.300 e. The number of hydrogen-bond donors (Lipinski definition) is 1. The van der Waals surface area contributed by atoms with Crippen molar-refractivity contribution in [3.05, 3.63) is 94.6 Å². The molecule has 6 heteroatoms.